The highest BCUT2D eigenvalue weighted by Crippen LogP contribution is 2.41. The lowest BCUT2D eigenvalue weighted by atomic mass is 10.0. The maximum atomic E-state index is 12.2. The van der Waals surface area contributed by atoms with Gasteiger partial charge in [-0.05, 0) is 38.1 Å². The number of H-pyrrole nitrogens is 1. The number of hydrogen-bond acceptors (Lipinski definition) is 3. The van der Waals surface area contributed by atoms with E-state index < -0.39 is 0 Å². The predicted octanol–water partition coefficient (Wildman–Crippen LogP) is 1.71. The van der Waals surface area contributed by atoms with E-state index in [0.717, 1.165) is 24.3 Å². The van der Waals surface area contributed by atoms with Crippen LogP contribution in [0.3, 0.4) is 0 Å². The summed E-state index contributed by atoms with van der Waals surface area (Å²) < 4.78 is 1.57. The number of nitrogens with one attached hydrogen (secondary N) is 2. The van der Waals surface area contributed by atoms with Gasteiger partial charge >= 0.3 is 0 Å². The van der Waals surface area contributed by atoms with Gasteiger partial charge in [0.15, 0.2) is 5.65 Å². The summed E-state index contributed by atoms with van der Waals surface area (Å²) in [5.41, 5.74) is 2.94. The van der Waals surface area contributed by atoms with Gasteiger partial charge in [0.2, 0.25) is 0 Å². The molecule has 1 atom stereocenters. The number of aromatic amines is 1. The molecule has 5 heteroatoms. The van der Waals surface area contributed by atoms with Gasteiger partial charge in [0.1, 0.15) is 0 Å². The Bertz CT molecular complexity index is 662. The second-order valence-electron chi connectivity index (χ2n) is 5.68. The standard InChI is InChI=1S/C14H18N4O/c19-13-7-12(11-3-1-2-6-15-11)17-14-10(9-4-5-9)8-16-18(13)14/h7-9,11,15-16H,1-6H2. The Labute approximate surface area is 111 Å². The molecule has 1 aliphatic carbocycles. The summed E-state index contributed by atoms with van der Waals surface area (Å²) in [5, 5.41) is 6.49. The number of fused-ring (bicyclic) bond motifs is 1. The molecule has 2 aromatic heterocycles. The van der Waals surface area contributed by atoms with Crippen molar-refractivity contribution in [1.29, 1.82) is 0 Å². The molecule has 4 rings (SSSR count). The molecule has 2 N–H and O–H groups in total. The SMILES string of the molecule is O=c1cc(C2CCCCN2)nc2c(C3CC3)c[nH]n12. The summed E-state index contributed by atoms with van der Waals surface area (Å²) in [4.78, 5) is 16.9. The van der Waals surface area contributed by atoms with E-state index in [1.54, 1.807) is 10.6 Å². The molecule has 0 bridgehead atoms. The third kappa shape index (κ3) is 1.89. The first kappa shape index (κ1) is 11.2. The van der Waals surface area contributed by atoms with Crippen LogP contribution >= 0.6 is 0 Å². The lowest BCUT2D eigenvalue weighted by Crippen LogP contribution is -2.29. The molecule has 1 saturated carbocycles. The first-order chi connectivity index (χ1) is 9.33. The first-order valence-corrected chi connectivity index (χ1v) is 7.17. The number of nitrogens with zero attached hydrogens (tertiary/aromatic N) is 2. The fourth-order valence-electron chi connectivity index (χ4n) is 2.99. The highest BCUT2D eigenvalue weighted by Gasteiger charge is 2.28. The van der Waals surface area contributed by atoms with E-state index in [1.165, 1.54) is 31.2 Å². The quantitative estimate of drug-likeness (QED) is 0.862. The van der Waals surface area contributed by atoms with Crippen LogP contribution < -0.4 is 10.9 Å². The topological polar surface area (TPSA) is 62.2 Å². The Morgan fingerprint density at radius 2 is 2.16 bits per heavy atom. The highest BCUT2D eigenvalue weighted by atomic mass is 16.1. The van der Waals surface area contributed by atoms with Crippen LogP contribution in [0.15, 0.2) is 17.1 Å². The summed E-state index contributed by atoms with van der Waals surface area (Å²) in [6.07, 6.45) is 7.88. The van der Waals surface area contributed by atoms with Crippen LogP contribution in [-0.4, -0.2) is 21.1 Å². The molecular weight excluding hydrogens is 240 g/mol. The summed E-state index contributed by atoms with van der Waals surface area (Å²) in [7, 11) is 0. The maximum absolute atomic E-state index is 12.2. The molecule has 1 aliphatic heterocycles. The molecule has 100 valence electrons. The Balaban J connectivity index is 1.82. The highest BCUT2D eigenvalue weighted by molar-refractivity contribution is 5.50. The number of hydrogen-bond donors (Lipinski definition) is 2. The van der Waals surface area contributed by atoms with Gasteiger partial charge in [0.05, 0.1) is 5.69 Å². The second-order valence-corrected chi connectivity index (χ2v) is 5.68. The van der Waals surface area contributed by atoms with Crippen molar-refractivity contribution in [3.63, 3.8) is 0 Å². The van der Waals surface area contributed by atoms with Crippen LogP contribution in [0.2, 0.25) is 0 Å². The average Bonchev–Trinajstić information content (AvgIpc) is 3.19. The maximum Gasteiger partial charge on any atom is 0.272 e. The molecule has 0 radical (unpaired) electrons. The van der Waals surface area contributed by atoms with Gasteiger partial charge in [-0.3, -0.25) is 9.89 Å². The molecular formula is C14H18N4O. The van der Waals surface area contributed by atoms with Crippen LogP contribution in [0.25, 0.3) is 5.65 Å². The molecule has 2 aliphatic rings. The van der Waals surface area contributed by atoms with Gasteiger partial charge in [0.25, 0.3) is 5.56 Å². The van der Waals surface area contributed by atoms with Crippen LogP contribution in [-0.2, 0) is 0 Å². The normalized spacial score (nSPS) is 23.9. The zero-order valence-corrected chi connectivity index (χ0v) is 10.9. The van der Waals surface area contributed by atoms with Gasteiger partial charge in [-0.2, -0.15) is 0 Å². The summed E-state index contributed by atoms with van der Waals surface area (Å²) in [5.74, 6) is 0.600. The van der Waals surface area contributed by atoms with Crippen LogP contribution in [0.4, 0.5) is 0 Å². The van der Waals surface area contributed by atoms with Crippen molar-refractivity contribution in [2.75, 3.05) is 6.54 Å². The molecule has 0 aromatic carbocycles. The Kier molecular flexibility index (Phi) is 2.48. The molecule has 1 saturated heterocycles. The minimum atomic E-state index is -0.000673. The molecule has 3 heterocycles. The lowest BCUT2D eigenvalue weighted by molar-refractivity contribution is 0.405. The smallest absolute Gasteiger partial charge is 0.272 e. The van der Waals surface area contributed by atoms with E-state index in [2.05, 4.69) is 10.4 Å². The lowest BCUT2D eigenvalue weighted by Gasteiger charge is -2.22. The van der Waals surface area contributed by atoms with Crippen LogP contribution in [0, 0.1) is 0 Å². The molecule has 2 aromatic rings. The third-order valence-corrected chi connectivity index (χ3v) is 4.23. The zero-order chi connectivity index (χ0) is 12.8. The van der Waals surface area contributed by atoms with Crippen molar-refractivity contribution in [2.24, 2.45) is 0 Å². The Morgan fingerprint density at radius 3 is 2.89 bits per heavy atom. The molecule has 5 nitrogen and oxygen atoms in total. The Hall–Kier alpha value is -1.62. The molecule has 0 spiro atoms. The average molecular weight is 258 g/mol. The minimum Gasteiger partial charge on any atom is -0.309 e. The van der Waals surface area contributed by atoms with Crippen LogP contribution in [0.5, 0.6) is 0 Å². The summed E-state index contributed by atoms with van der Waals surface area (Å²) >= 11 is 0. The Morgan fingerprint density at radius 1 is 1.26 bits per heavy atom. The van der Waals surface area contributed by atoms with Crippen molar-refractivity contribution < 1.29 is 0 Å². The number of piperidine rings is 1. The number of rotatable bonds is 2. The summed E-state index contributed by atoms with van der Waals surface area (Å²) in [6.45, 7) is 1.02. The molecule has 1 unspecified atom stereocenters. The van der Waals surface area contributed by atoms with E-state index in [9.17, 15) is 4.79 Å². The second kappa shape index (κ2) is 4.20. The van der Waals surface area contributed by atoms with E-state index in [1.807, 2.05) is 6.20 Å². The van der Waals surface area contributed by atoms with Gasteiger partial charge in [0, 0.05) is 23.9 Å². The van der Waals surface area contributed by atoms with Crippen molar-refractivity contribution in [3.8, 4) is 0 Å². The molecule has 2 fully saturated rings. The summed E-state index contributed by atoms with van der Waals surface area (Å²) in [6, 6.07) is 1.91. The fourth-order valence-corrected chi connectivity index (χ4v) is 2.99. The first-order valence-electron chi connectivity index (χ1n) is 7.17. The van der Waals surface area contributed by atoms with E-state index >= 15 is 0 Å². The third-order valence-electron chi connectivity index (χ3n) is 4.23. The van der Waals surface area contributed by atoms with Gasteiger partial charge in [-0.25, -0.2) is 9.50 Å². The zero-order valence-electron chi connectivity index (χ0n) is 10.9. The van der Waals surface area contributed by atoms with E-state index in [4.69, 9.17) is 4.98 Å². The van der Waals surface area contributed by atoms with Crippen LogP contribution in [0.1, 0.15) is 55.3 Å². The van der Waals surface area contributed by atoms with Gasteiger partial charge in [-0.1, -0.05) is 6.42 Å². The fraction of sp³-hybridized carbons (Fsp3) is 0.571. The largest absolute Gasteiger partial charge is 0.309 e. The van der Waals surface area contributed by atoms with E-state index in [-0.39, 0.29) is 11.6 Å². The van der Waals surface area contributed by atoms with Gasteiger partial charge < -0.3 is 5.32 Å². The minimum absolute atomic E-state index is 0.000673. The van der Waals surface area contributed by atoms with Crippen molar-refractivity contribution in [3.05, 3.63) is 33.9 Å². The molecule has 0 amide bonds. The van der Waals surface area contributed by atoms with Crippen molar-refractivity contribution in [2.45, 2.75) is 44.1 Å². The van der Waals surface area contributed by atoms with E-state index in [0.29, 0.717) is 5.92 Å². The monoisotopic (exact) mass is 258 g/mol. The van der Waals surface area contributed by atoms with Crippen molar-refractivity contribution in [1.82, 2.24) is 19.9 Å². The van der Waals surface area contributed by atoms with Crippen molar-refractivity contribution >= 4 is 5.65 Å². The molecule has 19 heavy (non-hydrogen) atoms. The number of aromatic nitrogens is 3. The van der Waals surface area contributed by atoms with Gasteiger partial charge in [-0.15, -0.1) is 0 Å². The predicted molar refractivity (Wildman–Crippen MR) is 72.4 cm³/mol.